The molecule has 2 rings (SSSR count). The number of aromatic nitrogens is 1. The fourth-order valence-corrected chi connectivity index (χ4v) is 2.64. The number of nitro groups is 1. The van der Waals surface area contributed by atoms with Crippen LogP contribution in [0.15, 0.2) is 16.9 Å². The van der Waals surface area contributed by atoms with Crippen LogP contribution in [0.1, 0.15) is 6.42 Å². The van der Waals surface area contributed by atoms with Crippen LogP contribution in [0.2, 0.25) is 0 Å². The van der Waals surface area contributed by atoms with E-state index >= 15 is 0 Å². The Morgan fingerprint density at radius 2 is 2.41 bits per heavy atom. The zero-order valence-electron chi connectivity index (χ0n) is 9.39. The number of likely N-dealkylation sites (N-methyl/N-ethyl adjacent to an activating group) is 1. The Morgan fingerprint density at radius 3 is 3.00 bits per heavy atom. The van der Waals surface area contributed by atoms with Crippen molar-refractivity contribution < 1.29 is 4.92 Å². The Labute approximate surface area is 107 Å². The first-order valence-corrected chi connectivity index (χ1v) is 6.13. The molecule has 0 aliphatic carbocycles. The third-order valence-corrected chi connectivity index (χ3v) is 3.54. The van der Waals surface area contributed by atoms with Crippen LogP contribution >= 0.6 is 15.9 Å². The van der Waals surface area contributed by atoms with Crippen LogP contribution in [0, 0.1) is 10.1 Å². The van der Waals surface area contributed by atoms with Crippen LogP contribution in [0.3, 0.4) is 0 Å². The maximum absolute atomic E-state index is 11.0. The normalized spacial score (nSPS) is 19.6. The number of nitrogens with one attached hydrogen (secondary N) is 1. The number of hydrogen-bond acceptors (Lipinski definition) is 5. The van der Waals surface area contributed by atoms with E-state index < -0.39 is 0 Å². The molecule has 0 saturated carbocycles. The maximum atomic E-state index is 11.0. The predicted octanol–water partition coefficient (Wildman–Crippen LogP) is 1.55. The molecule has 1 unspecified atom stereocenters. The van der Waals surface area contributed by atoms with Gasteiger partial charge in [-0.3, -0.25) is 15.1 Å². The molecular formula is C10H13BrN4O2. The molecule has 1 aliphatic rings. The summed E-state index contributed by atoms with van der Waals surface area (Å²) in [5.41, 5.74) is 0.680. The molecule has 1 aromatic rings. The Balaban J connectivity index is 2.34. The van der Waals surface area contributed by atoms with Gasteiger partial charge in [0.05, 0.1) is 9.40 Å². The van der Waals surface area contributed by atoms with Gasteiger partial charge in [0.25, 0.3) is 0 Å². The lowest BCUT2D eigenvalue weighted by Gasteiger charge is -2.19. The summed E-state index contributed by atoms with van der Waals surface area (Å²) in [6, 6.07) is 0.384. The van der Waals surface area contributed by atoms with Gasteiger partial charge >= 0.3 is 5.69 Å². The molecule has 1 saturated heterocycles. The van der Waals surface area contributed by atoms with Crippen molar-refractivity contribution in [2.45, 2.75) is 12.5 Å². The van der Waals surface area contributed by atoms with Crippen LogP contribution in [-0.2, 0) is 0 Å². The molecule has 6 nitrogen and oxygen atoms in total. The highest BCUT2D eigenvalue weighted by molar-refractivity contribution is 9.10. The summed E-state index contributed by atoms with van der Waals surface area (Å²) in [5, 5.41) is 14.2. The van der Waals surface area contributed by atoms with Crippen molar-refractivity contribution in [2.75, 3.05) is 25.0 Å². The smallest absolute Gasteiger partial charge is 0.311 e. The number of hydrogen-bond donors (Lipinski definition) is 1. The van der Waals surface area contributed by atoms with Crippen molar-refractivity contribution in [3.8, 4) is 0 Å². The molecule has 0 spiro atoms. The average Bonchev–Trinajstić information content (AvgIpc) is 2.76. The van der Waals surface area contributed by atoms with Crippen molar-refractivity contribution in [3.05, 3.63) is 27.0 Å². The maximum Gasteiger partial charge on any atom is 0.311 e. The Hall–Kier alpha value is -1.21. The van der Waals surface area contributed by atoms with Crippen LogP contribution in [0.5, 0.6) is 0 Å². The van der Waals surface area contributed by atoms with Crippen molar-refractivity contribution in [1.29, 1.82) is 0 Å². The van der Waals surface area contributed by atoms with Gasteiger partial charge in [-0.05, 0) is 29.4 Å². The third kappa shape index (κ3) is 2.39. The zero-order chi connectivity index (χ0) is 12.4. The number of nitrogens with zero attached hydrogens (tertiary/aromatic N) is 3. The van der Waals surface area contributed by atoms with Crippen LogP contribution in [-0.4, -0.2) is 36.1 Å². The van der Waals surface area contributed by atoms with Crippen LogP contribution in [0.25, 0.3) is 0 Å². The lowest BCUT2D eigenvalue weighted by molar-refractivity contribution is -0.384. The minimum absolute atomic E-state index is 0.0520. The van der Waals surface area contributed by atoms with Crippen LogP contribution in [0.4, 0.5) is 11.4 Å². The van der Waals surface area contributed by atoms with Gasteiger partial charge in [-0.15, -0.1) is 0 Å². The van der Waals surface area contributed by atoms with Gasteiger partial charge in [0.2, 0.25) is 0 Å². The summed E-state index contributed by atoms with van der Waals surface area (Å²) in [4.78, 5) is 16.5. The van der Waals surface area contributed by atoms with Gasteiger partial charge in [0.15, 0.2) is 0 Å². The minimum atomic E-state index is -0.389. The fourth-order valence-electron chi connectivity index (χ4n) is 2.06. The lowest BCUT2D eigenvalue weighted by Crippen LogP contribution is -2.30. The molecule has 1 atom stereocenters. The second-order valence-corrected chi connectivity index (χ2v) is 4.82. The van der Waals surface area contributed by atoms with E-state index in [1.807, 2.05) is 11.9 Å². The van der Waals surface area contributed by atoms with E-state index in [0.29, 0.717) is 16.2 Å². The topological polar surface area (TPSA) is 71.3 Å². The van der Waals surface area contributed by atoms with E-state index in [9.17, 15) is 10.1 Å². The summed E-state index contributed by atoms with van der Waals surface area (Å²) in [7, 11) is 1.91. The van der Waals surface area contributed by atoms with Gasteiger partial charge in [0, 0.05) is 25.3 Å². The minimum Gasteiger partial charge on any atom is -0.363 e. The Kier molecular flexibility index (Phi) is 3.58. The van der Waals surface area contributed by atoms with Gasteiger partial charge in [-0.25, -0.2) is 0 Å². The number of pyridine rings is 1. The Morgan fingerprint density at radius 1 is 1.65 bits per heavy atom. The zero-order valence-corrected chi connectivity index (χ0v) is 11.0. The summed E-state index contributed by atoms with van der Waals surface area (Å²) in [6.45, 7) is 1.59. The van der Waals surface area contributed by atoms with Crippen LogP contribution < -0.4 is 10.2 Å². The van der Waals surface area contributed by atoms with E-state index in [4.69, 9.17) is 0 Å². The first-order valence-electron chi connectivity index (χ1n) is 5.33. The molecule has 0 amide bonds. The summed E-state index contributed by atoms with van der Waals surface area (Å²) < 4.78 is 0.670. The van der Waals surface area contributed by atoms with Crippen molar-refractivity contribution in [1.82, 2.24) is 10.3 Å². The predicted molar refractivity (Wildman–Crippen MR) is 68.3 cm³/mol. The van der Waals surface area contributed by atoms with Gasteiger partial charge < -0.3 is 10.2 Å². The summed E-state index contributed by atoms with van der Waals surface area (Å²) >= 11 is 3.34. The van der Waals surface area contributed by atoms with E-state index in [2.05, 4.69) is 26.2 Å². The van der Waals surface area contributed by atoms with E-state index in [1.165, 1.54) is 6.20 Å². The molecule has 17 heavy (non-hydrogen) atoms. The summed E-state index contributed by atoms with van der Waals surface area (Å²) in [5.74, 6) is 0. The average molecular weight is 301 g/mol. The molecule has 7 heteroatoms. The quantitative estimate of drug-likeness (QED) is 0.677. The summed E-state index contributed by atoms with van der Waals surface area (Å²) in [6.07, 6.45) is 3.88. The molecule has 0 radical (unpaired) electrons. The monoisotopic (exact) mass is 300 g/mol. The third-order valence-electron chi connectivity index (χ3n) is 2.96. The largest absolute Gasteiger partial charge is 0.363 e. The second kappa shape index (κ2) is 4.97. The van der Waals surface area contributed by atoms with E-state index in [1.54, 1.807) is 6.20 Å². The molecule has 1 aromatic heterocycles. The molecule has 0 bridgehead atoms. The number of halogens is 1. The molecular weight excluding hydrogens is 288 g/mol. The SMILES string of the molecule is CNC1CCN(c2c(Br)cncc2[N+](=O)[O-])C1. The van der Waals surface area contributed by atoms with Gasteiger partial charge in [0.1, 0.15) is 11.9 Å². The number of rotatable bonds is 3. The van der Waals surface area contributed by atoms with Crippen molar-refractivity contribution in [2.24, 2.45) is 0 Å². The second-order valence-electron chi connectivity index (χ2n) is 3.97. The molecule has 0 aromatic carbocycles. The molecule has 92 valence electrons. The highest BCUT2D eigenvalue weighted by Gasteiger charge is 2.28. The van der Waals surface area contributed by atoms with Crippen molar-refractivity contribution >= 4 is 27.3 Å². The molecule has 1 N–H and O–H groups in total. The fraction of sp³-hybridized carbons (Fsp3) is 0.500. The lowest BCUT2D eigenvalue weighted by atomic mass is 10.3. The first-order chi connectivity index (χ1) is 8.13. The molecule has 1 fully saturated rings. The van der Waals surface area contributed by atoms with Gasteiger partial charge in [-0.1, -0.05) is 0 Å². The highest BCUT2D eigenvalue weighted by atomic mass is 79.9. The standard InChI is InChI=1S/C10H13BrN4O2/c1-12-7-2-3-14(6-7)10-8(11)4-13-5-9(10)15(16)17/h4-5,7,12H,2-3,6H2,1H3. The van der Waals surface area contributed by atoms with E-state index in [-0.39, 0.29) is 10.6 Å². The highest BCUT2D eigenvalue weighted by Crippen LogP contribution is 2.36. The molecule has 1 aliphatic heterocycles. The van der Waals surface area contributed by atoms with Crippen molar-refractivity contribution in [3.63, 3.8) is 0 Å². The first kappa shape index (κ1) is 12.3. The van der Waals surface area contributed by atoms with E-state index in [0.717, 1.165) is 19.5 Å². The van der Waals surface area contributed by atoms with Gasteiger partial charge in [-0.2, -0.15) is 0 Å². The number of anilines is 1. The Bertz CT molecular complexity index is 440. The molecule has 2 heterocycles.